The van der Waals surface area contributed by atoms with E-state index in [2.05, 4.69) is 0 Å². The van der Waals surface area contributed by atoms with Crippen molar-refractivity contribution in [1.82, 2.24) is 0 Å². The third kappa shape index (κ3) is 2.36. The van der Waals surface area contributed by atoms with Crippen LogP contribution >= 0.6 is 0 Å². The van der Waals surface area contributed by atoms with Gasteiger partial charge >= 0.3 is 5.97 Å². The molecule has 20 heavy (non-hydrogen) atoms. The molecule has 0 bridgehead atoms. The number of benzene rings is 2. The predicted octanol–water partition coefficient (Wildman–Crippen LogP) is 3.00. The smallest absolute Gasteiger partial charge is 0.347 e. The molecule has 0 unspecified atom stereocenters. The second-order valence-corrected chi connectivity index (χ2v) is 4.38. The monoisotopic (exact) mass is 268 g/mol. The Bertz CT molecular complexity index is 674. The zero-order chi connectivity index (χ0) is 13.9. The van der Waals surface area contributed by atoms with Gasteiger partial charge in [0.2, 0.25) is 0 Å². The van der Waals surface area contributed by atoms with Gasteiger partial charge in [0, 0.05) is 6.42 Å². The number of esters is 1. The summed E-state index contributed by atoms with van der Waals surface area (Å²) in [5.41, 5.74) is 0.993. The Morgan fingerprint density at radius 3 is 2.15 bits per heavy atom. The van der Waals surface area contributed by atoms with Gasteiger partial charge in [-0.05, 0) is 17.7 Å². The van der Waals surface area contributed by atoms with Crippen molar-refractivity contribution >= 4 is 5.97 Å². The fourth-order valence-electron chi connectivity index (χ4n) is 1.98. The minimum Gasteiger partial charge on any atom is -0.480 e. The zero-order valence-electron chi connectivity index (χ0n) is 10.6. The summed E-state index contributed by atoms with van der Waals surface area (Å²) in [6, 6.07) is 16.1. The fourth-order valence-corrected chi connectivity index (χ4v) is 1.98. The van der Waals surface area contributed by atoms with Gasteiger partial charge in [-0.15, -0.1) is 0 Å². The molecule has 1 aliphatic heterocycles. The van der Waals surface area contributed by atoms with Gasteiger partial charge in [0.1, 0.15) is 5.57 Å². The highest BCUT2D eigenvalue weighted by Gasteiger charge is 2.25. The van der Waals surface area contributed by atoms with E-state index in [-0.39, 0.29) is 12.0 Å². The Morgan fingerprint density at radius 2 is 1.45 bits per heavy atom. The molecule has 0 saturated carbocycles. The Kier molecular flexibility index (Phi) is 3.13. The van der Waals surface area contributed by atoms with Gasteiger partial charge in [0.25, 0.3) is 5.95 Å². The van der Waals surface area contributed by atoms with Gasteiger partial charge in [-0.25, -0.2) is 4.79 Å². The summed E-state index contributed by atoms with van der Waals surface area (Å²) in [4.78, 5) is 12.1. The van der Waals surface area contributed by atoms with Crippen molar-refractivity contribution in [3.63, 3.8) is 0 Å². The molecule has 2 aromatic rings. The van der Waals surface area contributed by atoms with Gasteiger partial charge in [-0.3, -0.25) is 0 Å². The average molecular weight is 268 g/mol. The van der Waals surface area contributed by atoms with Crippen molar-refractivity contribution in [2.24, 2.45) is 0 Å². The highest BCUT2D eigenvalue weighted by atomic mass is 16.6. The van der Waals surface area contributed by atoms with Crippen LogP contribution in [0.2, 0.25) is 0 Å². The molecule has 100 valence electrons. The van der Waals surface area contributed by atoms with E-state index in [0.29, 0.717) is 11.5 Å². The van der Waals surface area contributed by atoms with E-state index in [1.165, 1.54) is 0 Å². The summed E-state index contributed by atoms with van der Waals surface area (Å²) < 4.78 is 10.5. The molecular formula is C16H12O4. The van der Waals surface area contributed by atoms with Gasteiger partial charge in [-0.1, -0.05) is 42.5 Å². The van der Waals surface area contributed by atoms with Gasteiger partial charge in [0.15, 0.2) is 11.5 Å². The minimum atomic E-state index is -0.601. The summed E-state index contributed by atoms with van der Waals surface area (Å²) in [5, 5.41) is 9.98. The number of carbonyl (C=O) groups excluding carboxylic acids is 1. The van der Waals surface area contributed by atoms with E-state index in [1.54, 1.807) is 24.3 Å². The lowest BCUT2D eigenvalue weighted by Crippen LogP contribution is -2.14. The quantitative estimate of drug-likeness (QED) is 0.672. The molecule has 0 fully saturated rings. The van der Waals surface area contributed by atoms with Crippen LogP contribution in [0, 0.1) is 0 Å². The minimum absolute atomic E-state index is 0.104. The number of carbonyl (C=O) groups is 1. The molecule has 3 rings (SSSR count). The Morgan fingerprint density at radius 1 is 0.850 bits per heavy atom. The topological polar surface area (TPSA) is 55.8 Å². The molecule has 2 aromatic carbocycles. The average Bonchev–Trinajstić information content (AvgIpc) is 2.58. The lowest BCUT2D eigenvalue weighted by Gasteiger charge is -2.05. The van der Waals surface area contributed by atoms with Crippen molar-refractivity contribution in [3.8, 4) is 11.5 Å². The summed E-state index contributed by atoms with van der Waals surface area (Å²) in [7, 11) is 0. The molecule has 0 spiro atoms. The van der Waals surface area contributed by atoms with Gasteiger partial charge < -0.3 is 14.6 Å². The molecule has 4 heteroatoms. The van der Waals surface area contributed by atoms with E-state index < -0.39 is 11.9 Å². The van der Waals surface area contributed by atoms with E-state index in [0.717, 1.165) is 5.56 Å². The third-order valence-corrected chi connectivity index (χ3v) is 2.99. The fraction of sp³-hybridized carbons (Fsp3) is 0.0625. The van der Waals surface area contributed by atoms with Crippen LogP contribution in [-0.2, 0) is 11.2 Å². The maximum atomic E-state index is 12.1. The lowest BCUT2D eigenvalue weighted by molar-refractivity contribution is -0.130. The standard InChI is InChI=1S/C16H12O4/c17-15-12(10-11-6-2-1-3-7-11)16(18)20-14-9-5-4-8-13(14)19-15/h1-9,17H,10H2. The molecule has 1 heterocycles. The molecule has 0 amide bonds. The molecule has 0 radical (unpaired) electrons. The highest BCUT2D eigenvalue weighted by molar-refractivity contribution is 5.91. The van der Waals surface area contributed by atoms with E-state index in [9.17, 15) is 9.90 Å². The number of fused-ring (bicyclic) bond motifs is 1. The van der Waals surface area contributed by atoms with Crippen LogP contribution in [0.25, 0.3) is 0 Å². The predicted molar refractivity (Wildman–Crippen MR) is 72.5 cm³/mol. The second kappa shape index (κ2) is 5.09. The summed E-state index contributed by atoms with van der Waals surface area (Å²) >= 11 is 0. The first-order valence-electron chi connectivity index (χ1n) is 6.19. The lowest BCUT2D eigenvalue weighted by atomic mass is 10.1. The molecule has 0 aromatic heterocycles. The second-order valence-electron chi connectivity index (χ2n) is 4.38. The van der Waals surface area contributed by atoms with Crippen LogP contribution in [0.15, 0.2) is 66.1 Å². The highest BCUT2D eigenvalue weighted by Crippen LogP contribution is 2.32. The molecular weight excluding hydrogens is 256 g/mol. The number of aliphatic hydroxyl groups excluding tert-OH is 1. The number of hydrogen-bond donors (Lipinski definition) is 1. The Hall–Kier alpha value is -2.75. The summed E-state index contributed by atoms with van der Waals surface area (Å²) in [5.74, 6) is -0.395. The molecule has 1 N–H and O–H groups in total. The van der Waals surface area contributed by atoms with Crippen LogP contribution < -0.4 is 9.47 Å². The molecule has 0 atom stereocenters. The third-order valence-electron chi connectivity index (χ3n) is 2.99. The molecule has 4 nitrogen and oxygen atoms in total. The van der Waals surface area contributed by atoms with E-state index >= 15 is 0 Å². The van der Waals surface area contributed by atoms with Crippen LogP contribution in [0.3, 0.4) is 0 Å². The molecule has 1 aliphatic rings. The van der Waals surface area contributed by atoms with Crippen molar-refractivity contribution < 1.29 is 19.4 Å². The number of ether oxygens (including phenoxy) is 2. The largest absolute Gasteiger partial charge is 0.480 e. The van der Waals surface area contributed by atoms with Crippen LogP contribution in [0.5, 0.6) is 11.5 Å². The van der Waals surface area contributed by atoms with Crippen LogP contribution in [0.4, 0.5) is 0 Å². The normalized spacial score (nSPS) is 14.1. The first-order valence-corrected chi connectivity index (χ1v) is 6.19. The number of rotatable bonds is 2. The van der Waals surface area contributed by atoms with Crippen molar-refractivity contribution in [2.75, 3.05) is 0 Å². The first-order chi connectivity index (χ1) is 9.74. The maximum absolute atomic E-state index is 12.1. The number of para-hydroxylation sites is 2. The SMILES string of the molecule is O=C1Oc2ccccc2OC(O)=C1Cc1ccccc1. The van der Waals surface area contributed by atoms with Gasteiger partial charge in [0.05, 0.1) is 0 Å². The van der Waals surface area contributed by atoms with E-state index in [1.807, 2.05) is 30.3 Å². The number of aliphatic hydroxyl groups is 1. The molecule has 0 aliphatic carbocycles. The Labute approximate surface area is 115 Å². The molecule has 0 saturated heterocycles. The summed E-state index contributed by atoms with van der Waals surface area (Å²) in [6.45, 7) is 0. The van der Waals surface area contributed by atoms with Crippen molar-refractivity contribution in [1.29, 1.82) is 0 Å². The number of hydrogen-bond acceptors (Lipinski definition) is 4. The van der Waals surface area contributed by atoms with Crippen LogP contribution in [0.1, 0.15) is 5.56 Å². The van der Waals surface area contributed by atoms with Crippen molar-refractivity contribution in [3.05, 3.63) is 71.7 Å². The van der Waals surface area contributed by atoms with Gasteiger partial charge in [-0.2, -0.15) is 0 Å². The van der Waals surface area contributed by atoms with Crippen molar-refractivity contribution in [2.45, 2.75) is 6.42 Å². The zero-order valence-corrected chi connectivity index (χ0v) is 10.6. The Balaban J connectivity index is 1.94. The first kappa shape index (κ1) is 12.3. The maximum Gasteiger partial charge on any atom is 0.347 e. The summed E-state index contributed by atoms with van der Waals surface area (Å²) in [6.07, 6.45) is 0.249. The van der Waals surface area contributed by atoms with E-state index in [4.69, 9.17) is 9.47 Å². The van der Waals surface area contributed by atoms with Crippen LogP contribution in [-0.4, -0.2) is 11.1 Å².